The summed E-state index contributed by atoms with van der Waals surface area (Å²) in [5.41, 5.74) is 0.669. The Hall–Kier alpha value is -2.30. The van der Waals surface area contributed by atoms with Crippen LogP contribution in [0.5, 0.6) is 0 Å². The highest BCUT2D eigenvalue weighted by Gasteiger charge is 2.50. The van der Waals surface area contributed by atoms with Crippen LogP contribution in [0.1, 0.15) is 29.0 Å². The number of rotatable bonds is 4. The molecular weight excluding hydrogens is 258 g/mol. The highest BCUT2D eigenvalue weighted by molar-refractivity contribution is 5.99. The zero-order valence-electron chi connectivity index (χ0n) is 11.1. The van der Waals surface area contributed by atoms with Gasteiger partial charge in [0.05, 0.1) is 5.41 Å². The number of carboxylic acid groups (broad SMARTS) is 1. The molecular formula is C15H15NO4. The van der Waals surface area contributed by atoms with E-state index in [9.17, 15) is 9.59 Å². The van der Waals surface area contributed by atoms with Gasteiger partial charge in [-0.1, -0.05) is 18.2 Å². The second-order valence-corrected chi connectivity index (χ2v) is 5.32. The van der Waals surface area contributed by atoms with Gasteiger partial charge in [-0.05, 0) is 25.8 Å². The number of hydrogen-bond acceptors (Lipinski definition) is 3. The van der Waals surface area contributed by atoms with Crippen molar-refractivity contribution in [3.05, 3.63) is 35.6 Å². The van der Waals surface area contributed by atoms with Crippen LogP contribution < -0.4 is 5.32 Å². The van der Waals surface area contributed by atoms with Crippen LogP contribution in [0.25, 0.3) is 11.0 Å². The smallest absolute Gasteiger partial charge is 0.311 e. The van der Waals surface area contributed by atoms with E-state index in [-0.39, 0.29) is 18.2 Å². The van der Waals surface area contributed by atoms with E-state index in [0.717, 1.165) is 10.9 Å². The molecule has 1 saturated carbocycles. The maximum absolute atomic E-state index is 12.1. The summed E-state index contributed by atoms with van der Waals surface area (Å²) in [7, 11) is 0. The monoisotopic (exact) mass is 273 g/mol. The standard InChI is InChI=1S/C15H15NO4/c1-9-10-4-2-3-5-11(10)20-12(9)13(17)16-8-15(6-7-15)14(18)19/h2-5H,6-8H2,1H3,(H,16,17)(H,18,19). The van der Waals surface area contributed by atoms with Crippen molar-refractivity contribution in [3.63, 3.8) is 0 Å². The Kier molecular flexibility index (Phi) is 2.78. The van der Waals surface area contributed by atoms with E-state index >= 15 is 0 Å². The second kappa shape index (κ2) is 4.37. The van der Waals surface area contributed by atoms with Gasteiger partial charge in [0.25, 0.3) is 5.91 Å². The molecule has 104 valence electrons. The number of hydrogen-bond donors (Lipinski definition) is 2. The van der Waals surface area contributed by atoms with Gasteiger partial charge in [-0.2, -0.15) is 0 Å². The number of carboxylic acids is 1. The molecule has 2 aromatic rings. The van der Waals surface area contributed by atoms with Gasteiger partial charge in [0.2, 0.25) is 0 Å². The summed E-state index contributed by atoms with van der Waals surface area (Å²) in [6, 6.07) is 7.43. The molecule has 0 bridgehead atoms. The lowest BCUT2D eigenvalue weighted by atomic mass is 10.1. The number of furan rings is 1. The first kappa shape index (κ1) is 12.7. The Morgan fingerprint density at radius 1 is 1.35 bits per heavy atom. The summed E-state index contributed by atoms with van der Waals surface area (Å²) >= 11 is 0. The van der Waals surface area contributed by atoms with Crippen molar-refractivity contribution < 1.29 is 19.1 Å². The summed E-state index contributed by atoms with van der Waals surface area (Å²) in [4.78, 5) is 23.2. The predicted molar refractivity (Wildman–Crippen MR) is 72.6 cm³/mol. The molecule has 1 aliphatic carbocycles. The van der Waals surface area contributed by atoms with Crippen LogP contribution in [0.4, 0.5) is 0 Å². The van der Waals surface area contributed by atoms with Crippen LogP contribution >= 0.6 is 0 Å². The van der Waals surface area contributed by atoms with Gasteiger partial charge in [0.15, 0.2) is 5.76 Å². The van der Waals surface area contributed by atoms with Crippen molar-refractivity contribution in [2.45, 2.75) is 19.8 Å². The number of carbonyl (C=O) groups is 2. The van der Waals surface area contributed by atoms with Crippen LogP contribution in [-0.4, -0.2) is 23.5 Å². The fourth-order valence-electron chi connectivity index (χ4n) is 2.34. The minimum Gasteiger partial charge on any atom is -0.481 e. The van der Waals surface area contributed by atoms with Gasteiger partial charge in [-0.3, -0.25) is 9.59 Å². The maximum Gasteiger partial charge on any atom is 0.311 e. The molecule has 0 aliphatic heterocycles. The van der Waals surface area contributed by atoms with Crippen LogP contribution in [0, 0.1) is 12.3 Å². The molecule has 1 aliphatic rings. The number of carbonyl (C=O) groups excluding carboxylic acids is 1. The Morgan fingerprint density at radius 2 is 2.05 bits per heavy atom. The van der Waals surface area contributed by atoms with Crippen molar-refractivity contribution in [2.75, 3.05) is 6.54 Å². The lowest BCUT2D eigenvalue weighted by Crippen LogP contribution is -2.34. The molecule has 1 fully saturated rings. The molecule has 5 heteroatoms. The van der Waals surface area contributed by atoms with Gasteiger partial charge in [0.1, 0.15) is 5.58 Å². The lowest BCUT2D eigenvalue weighted by Gasteiger charge is -2.10. The fourth-order valence-corrected chi connectivity index (χ4v) is 2.34. The molecule has 1 aromatic heterocycles. The third-order valence-corrected chi connectivity index (χ3v) is 3.94. The first-order valence-corrected chi connectivity index (χ1v) is 6.53. The molecule has 20 heavy (non-hydrogen) atoms. The first-order valence-electron chi connectivity index (χ1n) is 6.53. The van der Waals surface area contributed by atoms with Crippen molar-refractivity contribution in [1.29, 1.82) is 0 Å². The van der Waals surface area contributed by atoms with Crippen molar-refractivity contribution >= 4 is 22.8 Å². The quantitative estimate of drug-likeness (QED) is 0.896. The zero-order chi connectivity index (χ0) is 14.3. The van der Waals surface area contributed by atoms with E-state index in [1.165, 1.54) is 0 Å². The molecule has 0 radical (unpaired) electrons. The fraction of sp³-hybridized carbons (Fsp3) is 0.333. The van der Waals surface area contributed by atoms with Gasteiger partial charge >= 0.3 is 5.97 Å². The van der Waals surface area contributed by atoms with Crippen molar-refractivity contribution in [1.82, 2.24) is 5.32 Å². The topological polar surface area (TPSA) is 79.5 Å². The van der Waals surface area contributed by atoms with Gasteiger partial charge in [-0.15, -0.1) is 0 Å². The van der Waals surface area contributed by atoms with Gasteiger partial charge in [-0.25, -0.2) is 0 Å². The van der Waals surface area contributed by atoms with Crippen LogP contribution in [0.3, 0.4) is 0 Å². The maximum atomic E-state index is 12.1. The number of amides is 1. The van der Waals surface area contributed by atoms with Crippen LogP contribution in [0.2, 0.25) is 0 Å². The molecule has 0 saturated heterocycles. The molecule has 1 heterocycles. The number of aliphatic carboxylic acids is 1. The molecule has 0 spiro atoms. The zero-order valence-corrected chi connectivity index (χ0v) is 11.1. The average Bonchev–Trinajstić information content (AvgIpc) is 3.16. The normalized spacial score (nSPS) is 16.1. The Labute approximate surface area is 115 Å². The molecule has 0 unspecified atom stereocenters. The summed E-state index contributed by atoms with van der Waals surface area (Å²) in [6.07, 6.45) is 1.23. The molecule has 1 aromatic carbocycles. The highest BCUT2D eigenvalue weighted by Crippen LogP contribution is 2.45. The van der Waals surface area contributed by atoms with Gasteiger partial charge < -0.3 is 14.8 Å². The molecule has 3 rings (SSSR count). The third kappa shape index (κ3) is 1.95. The van der Waals surface area contributed by atoms with Gasteiger partial charge in [0, 0.05) is 17.5 Å². The van der Waals surface area contributed by atoms with Crippen LogP contribution in [-0.2, 0) is 4.79 Å². The first-order chi connectivity index (χ1) is 9.53. The second-order valence-electron chi connectivity index (χ2n) is 5.32. The largest absolute Gasteiger partial charge is 0.481 e. The summed E-state index contributed by atoms with van der Waals surface area (Å²) in [5.74, 6) is -0.947. The molecule has 1 amide bonds. The molecule has 2 N–H and O–H groups in total. The van der Waals surface area contributed by atoms with Crippen LogP contribution in [0.15, 0.2) is 28.7 Å². The Bertz CT molecular complexity index is 697. The SMILES string of the molecule is Cc1c(C(=O)NCC2(C(=O)O)CC2)oc2ccccc12. The van der Waals surface area contributed by atoms with Crippen molar-refractivity contribution in [2.24, 2.45) is 5.41 Å². The van der Waals surface area contributed by atoms with E-state index in [1.54, 1.807) is 6.07 Å². The minimum atomic E-state index is -0.848. The van der Waals surface area contributed by atoms with E-state index in [1.807, 2.05) is 25.1 Å². The molecule has 5 nitrogen and oxygen atoms in total. The number of nitrogens with one attached hydrogen (secondary N) is 1. The van der Waals surface area contributed by atoms with E-state index in [4.69, 9.17) is 9.52 Å². The van der Waals surface area contributed by atoms with E-state index in [0.29, 0.717) is 18.4 Å². The number of para-hydroxylation sites is 1. The highest BCUT2D eigenvalue weighted by atomic mass is 16.4. The average molecular weight is 273 g/mol. The number of benzene rings is 1. The summed E-state index contributed by atoms with van der Waals surface area (Å²) in [5, 5.41) is 12.7. The molecule has 0 atom stereocenters. The summed E-state index contributed by atoms with van der Waals surface area (Å²) < 4.78 is 5.55. The van der Waals surface area contributed by atoms with E-state index in [2.05, 4.69) is 5.32 Å². The Balaban J connectivity index is 1.79. The number of fused-ring (bicyclic) bond motifs is 1. The van der Waals surface area contributed by atoms with Crippen molar-refractivity contribution in [3.8, 4) is 0 Å². The third-order valence-electron chi connectivity index (χ3n) is 3.94. The Morgan fingerprint density at radius 3 is 2.65 bits per heavy atom. The lowest BCUT2D eigenvalue weighted by molar-refractivity contribution is -0.143. The number of aryl methyl sites for hydroxylation is 1. The summed E-state index contributed by atoms with van der Waals surface area (Å²) in [6.45, 7) is 1.97. The van der Waals surface area contributed by atoms with E-state index < -0.39 is 11.4 Å². The predicted octanol–water partition coefficient (Wildman–Crippen LogP) is 2.34. The minimum absolute atomic E-state index is 0.150.